The van der Waals surface area contributed by atoms with E-state index in [9.17, 15) is 0 Å². The second-order valence-electron chi connectivity index (χ2n) is 4.71. The van der Waals surface area contributed by atoms with Crippen LogP contribution >= 0.6 is 34.2 Å². The Morgan fingerprint density at radius 2 is 1.84 bits per heavy atom. The van der Waals surface area contributed by atoms with Crippen molar-refractivity contribution in [2.24, 2.45) is 0 Å². The molecule has 1 atom stereocenters. The first kappa shape index (κ1) is 14.8. The van der Waals surface area contributed by atoms with Crippen molar-refractivity contribution >= 4 is 34.2 Å². The molecule has 0 aliphatic carbocycles. The Hall–Kier alpha value is -0.580. The van der Waals surface area contributed by atoms with E-state index in [4.69, 9.17) is 11.6 Å². The highest BCUT2D eigenvalue weighted by molar-refractivity contribution is 14.1. The molecule has 1 unspecified atom stereocenters. The van der Waals surface area contributed by atoms with Crippen molar-refractivity contribution in [2.45, 2.75) is 19.9 Å². The molecule has 0 bridgehead atoms. The average Bonchev–Trinajstić information content (AvgIpc) is 2.39. The number of aryl methyl sites for hydroxylation is 2. The van der Waals surface area contributed by atoms with Gasteiger partial charge in [-0.25, -0.2) is 0 Å². The van der Waals surface area contributed by atoms with Gasteiger partial charge in [0.1, 0.15) is 0 Å². The van der Waals surface area contributed by atoms with Gasteiger partial charge in [0, 0.05) is 8.59 Å². The first-order chi connectivity index (χ1) is 9.04. The van der Waals surface area contributed by atoms with Crippen molar-refractivity contribution in [3.8, 4) is 0 Å². The molecule has 1 N–H and O–H groups in total. The molecular formula is C16H17ClIN. The molecule has 0 saturated carbocycles. The van der Waals surface area contributed by atoms with Crippen LogP contribution in [-0.2, 0) is 0 Å². The van der Waals surface area contributed by atoms with Crippen LogP contribution < -0.4 is 5.32 Å². The van der Waals surface area contributed by atoms with Crippen molar-refractivity contribution in [2.75, 3.05) is 7.05 Å². The van der Waals surface area contributed by atoms with Crippen molar-refractivity contribution in [1.29, 1.82) is 0 Å². The number of hydrogen-bond donors (Lipinski definition) is 1. The third-order valence-electron chi connectivity index (χ3n) is 3.35. The maximum Gasteiger partial charge on any atom is 0.0585 e. The van der Waals surface area contributed by atoms with Crippen LogP contribution in [0.3, 0.4) is 0 Å². The van der Waals surface area contributed by atoms with Crippen LogP contribution in [0.4, 0.5) is 0 Å². The lowest BCUT2D eigenvalue weighted by atomic mass is 9.97. The lowest BCUT2D eigenvalue weighted by molar-refractivity contribution is 0.687. The Morgan fingerprint density at radius 1 is 1.11 bits per heavy atom. The molecule has 0 radical (unpaired) electrons. The average molecular weight is 386 g/mol. The van der Waals surface area contributed by atoms with Crippen molar-refractivity contribution < 1.29 is 0 Å². The molecule has 0 heterocycles. The SMILES string of the molecule is CNC(c1ccc(C)c(Cl)c1)c1cccc(C)c1I. The van der Waals surface area contributed by atoms with E-state index in [0.29, 0.717) is 0 Å². The first-order valence-corrected chi connectivity index (χ1v) is 7.68. The summed E-state index contributed by atoms with van der Waals surface area (Å²) in [5, 5.41) is 4.21. The van der Waals surface area contributed by atoms with Crippen LogP contribution in [0.2, 0.25) is 5.02 Å². The van der Waals surface area contributed by atoms with Gasteiger partial charge < -0.3 is 5.32 Å². The topological polar surface area (TPSA) is 12.0 Å². The van der Waals surface area contributed by atoms with Crippen LogP contribution in [0.1, 0.15) is 28.3 Å². The second-order valence-corrected chi connectivity index (χ2v) is 6.19. The Kier molecular flexibility index (Phi) is 4.87. The summed E-state index contributed by atoms with van der Waals surface area (Å²) in [5.74, 6) is 0. The lowest BCUT2D eigenvalue weighted by Gasteiger charge is -2.20. The van der Waals surface area contributed by atoms with Gasteiger partial charge in [0.25, 0.3) is 0 Å². The molecule has 2 rings (SSSR count). The van der Waals surface area contributed by atoms with E-state index >= 15 is 0 Å². The summed E-state index contributed by atoms with van der Waals surface area (Å²) in [4.78, 5) is 0. The van der Waals surface area contributed by atoms with Gasteiger partial charge in [0.2, 0.25) is 0 Å². The molecule has 0 aliphatic rings. The van der Waals surface area contributed by atoms with E-state index in [1.807, 2.05) is 14.0 Å². The van der Waals surface area contributed by atoms with E-state index in [2.05, 4.69) is 71.2 Å². The molecular weight excluding hydrogens is 369 g/mol. The van der Waals surface area contributed by atoms with Gasteiger partial charge >= 0.3 is 0 Å². The molecule has 0 fully saturated rings. The van der Waals surface area contributed by atoms with Gasteiger partial charge in [0.05, 0.1) is 6.04 Å². The molecule has 100 valence electrons. The maximum absolute atomic E-state index is 6.24. The molecule has 0 aliphatic heterocycles. The number of rotatable bonds is 3. The van der Waals surface area contributed by atoms with Crippen LogP contribution in [0.5, 0.6) is 0 Å². The highest BCUT2D eigenvalue weighted by Crippen LogP contribution is 2.30. The van der Waals surface area contributed by atoms with Gasteiger partial charge in [-0.05, 0) is 71.8 Å². The van der Waals surface area contributed by atoms with Crippen LogP contribution in [-0.4, -0.2) is 7.05 Å². The fourth-order valence-electron chi connectivity index (χ4n) is 2.18. The predicted octanol–water partition coefficient (Wildman–Crippen LogP) is 4.87. The smallest absolute Gasteiger partial charge is 0.0585 e. The summed E-state index contributed by atoms with van der Waals surface area (Å²) in [7, 11) is 1.98. The fraction of sp³-hybridized carbons (Fsp3) is 0.250. The van der Waals surface area contributed by atoms with Gasteiger partial charge in [-0.3, -0.25) is 0 Å². The summed E-state index contributed by atoms with van der Waals surface area (Å²) >= 11 is 8.66. The number of halogens is 2. The summed E-state index contributed by atoms with van der Waals surface area (Å²) in [6.45, 7) is 4.16. The zero-order chi connectivity index (χ0) is 14.0. The largest absolute Gasteiger partial charge is 0.309 e. The van der Waals surface area contributed by atoms with Crippen molar-refractivity contribution in [3.63, 3.8) is 0 Å². The Labute approximate surface area is 133 Å². The highest BCUT2D eigenvalue weighted by Gasteiger charge is 2.16. The van der Waals surface area contributed by atoms with Gasteiger partial charge in [-0.1, -0.05) is 41.9 Å². The quantitative estimate of drug-likeness (QED) is 0.743. The maximum atomic E-state index is 6.24. The van der Waals surface area contributed by atoms with Crippen molar-refractivity contribution in [1.82, 2.24) is 5.32 Å². The molecule has 0 aromatic heterocycles. The van der Waals surface area contributed by atoms with Crippen LogP contribution in [0.25, 0.3) is 0 Å². The van der Waals surface area contributed by atoms with Crippen LogP contribution in [0.15, 0.2) is 36.4 Å². The second kappa shape index (κ2) is 6.25. The van der Waals surface area contributed by atoms with Gasteiger partial charge in [-0.15, -0.1) is 0 Å². The summed E-state index contributed by atoms with van der Waals surface area (Å²) in [6.07, 6.45) is 0. The van der Waals surface area contributed by atoms with E-state index in [-0.39, 0.29) is 6.04 Å². The Morgan fingerprint density at radius 3 is 2.47 bits per heavy atom. The summed E-state index contributed by atoms with van der Waals surface area (Å²) < 4.78 is 1.30. The van der Waals surface area contributed by atoms with Gasteiger partial charge in [-0.2, -0.15) is 0 Å². The number of benzene rings is 2. The highest BCUT2D eigenvalue weighted by atomic mass is 127. The summed E-state index contributed by atoms with van der Waals surface area (Å²) in [5.41, 5.74) is 4.90. The third kappa shape index (κ3) is 3.12. The van der Waals surface area contributed by atoms with E-state index < -0.39 is 0 Å². The molecule has 0 spiro atoms. The predicted molar refractivity (Wildman–Crippen MR) is 91.0 cm³/mol. The summed E-state index contributed by atoms with van der Waals surface area (Å²) in [6, 6.07) is 12.9. The van der Waals surface area contributed by atoms with Crippen LogP contribution in [0, 0.1) is 17.4 Å². The fourth-order valence-corrected chi connectivity index (χ4v) is 3.04. The molecule has 19 heavy (non-hydrogen) atoms. The van der Waals surface area contributed by atoms with E-state index in [1.165, 1.54) is 20.3 Å². The monoisotopic (exact) mass is 385 g/mol. The zero-order valence-electron chi connectivity index (χ0n) is 11.3. The lowest BCUT2D eigenvalue weighted by Crippen LogP contribution is -2.19. The van der Waals surface area contributed by atoms with E-state index in [0.717, 1.165) is 10.6 Å². The molecule has 2 aromatic rings. The minimum absolute atomic E-state index is 0.171. The van der Waals surface area contributed by atoms with E-state index in [1.54, 1.807) is 0 Å². The van der Waals surface area contributed by atoms with Crippen molar-refractivity contribution in [3.05, 3.63) is 67.2 Å². The molecule has 1 nitrogen and oxygen atoms in total. The Bertz CT molecular complexity index is 595. The minimum Gasteiger partial charge on any atom is -0.309 e. The minimum atomic E-state index is 0.171. The molecule has 0 amide bonds. The Balaban J connectivity index is 2.50. The third-order valence-corrected chi connectivity index (χ3v) is 5.23. The number of nitrogens with one attached hydrogen (secondary N) is 1. The zero-order valence-corrected chi connectivity index (χ0v) is 14.2. The first-order valence-electron chi connectivity index (χ1n) is 6.23. The normalized spacial score (nSPS) is 12.5. The number of hydrogen-bond acceptors (Lipinski definition) is 1. The molecule has 3 heteroatoms. The molecule has 2 aromatic carbocycles. The standard InChI is InChI=1S/C16H17ClIN/c1-10-7-8-12(9-14(10)17)16(19-3)13-6-4-5-11(2)15(13)18/h4-9,16,19H,1-3H3. The van der Waals surface area contributed by atoms with Gasteiger partial charge in [0.15, 0.2) is 0 Å². The molecule has 0 saturated heterocycles.